The first-order valence-corrected chi connectivity index (χ1v) is 9.37. The van der Waals surface area contributed by atoms with E-state index in [0.29, 0.717) is 11.7 Å². The first kappa shape index (κ1) is 19.8. The number of hydrogen-bond donors (Lipinski definition) is 2. The minimum atomic E-state index is -0.258. The molecule has 0 aliphatic carbocycles. The predicted octanol–water partition coefficient (Wildman–Crippen LogP) is 3.01. The summed E-state index contributed by atoms with van der Waals surface area (Å²) in [7, 11) is 1.74. The average molecular weight is 401 g/mol. The molecule has 0 aliphatic heterocycles. The summed E-state index contributed by atoms with van der Waals surface area (Å²) in [6, 6.07) is 12.0. The van der Waals surface area contributed by atoms with Gasteiger partial charge in [-0.05, 0) is 48.4 Å². The van der Waals surface area contributed by atoms with E-state index < -0.39 is 0 Å². The maximum atomic E-state index is 13.0. The van der Waals surface area contributed by atoms with Gasteiger partial charge >= 0.3 is 0 Å². The number of guanidine groups is 1. The number of aliphatic imine (C=N–C) groups is 1. The normalized spacial score (nSPS) is 11.5. The van der Waals surface area contributed by atoms with Gasteiger partial charge in [0.15, 0.2) is 5.96 Å². The van der Waals surface area contributed by atoms with Gasteiger partial charge in [0.1, 0.15) is 11.0 Å². The first-order chi connectivity index (χ1) is 13.6. The average Bonchev–Trinajstić information content (AvgIpc) is 3.17. The van der Waals surface area contributed by atoms with Crippen LogP contribution < -0.4 is 10.6 Å². The number of rotatable bonds is 7. The first-order valence-electron chi connectivity index (χ1n) is 8.99. The zero-order valence-electron chi connectivity index (χ0n) is 15.6. The van der Waals surface area contributed by atoms with Crippen LogP contribution in [0.1, 0.15) is 11.3 Å². The van der Waals surface area contributed by atoms with E-state index in [1.807, 2.05) is 18.3 Å². The van der Waals surface area contributed by atoms with Gasteiger partial charge in [0.2, 0.25) is 0 Å². The van der Waals surface area contributed by atoms with Gasteiger partial charge in [0.25, 0.3) is 0 Å². The second kappa shape index (κ2) is 9.85. The zero-order valence-corrected chi connectivity index (χ0v) is 16.3. The van der Waals surface area contributed by atoms with Gasteiger partial charge in [-0.1, -0.05) is 17.7 Å². The summed E-state index contributed by atoms with van der Waals surface area (Å²) in [6.45, 7) is 1.44. The molecule has 2 heterocycles. The molecule has 0 amide bonds. The molecule has 3 rings (SSSR count). The molecule has 0 radical (unpaired) electrons. The largest absolute Gasteiger partial charge is 0.356 e. The van der Waals surface area contributed by atoms with Gasteiger partial charge in [-0.3, -0.25) is 4.99 Å². The summed E-state index contributed by atoms with van der Waals surface area (Å²) in [6.07, 6.45) is 5.22. The van der Waals surface area contributed by atoms with Crippen LogP contribution in [0.2, 0.25) is 5.15 Å². The van der Waals surface area contributed by atoms with Gasteiger partial charge < -0.3 is 10.6 Å². The summed E-state index contributed by atoms with van der Waals surface area (Å²) in [4.78, 5) is 8.29. The fourth-order valence-electron chi connectivity index (χ4n) is 2.64. The molecule has 1 aromatic carbocycles. The lowest BCUT2D eigenvalue weighted by Crippen LogP contribution is -2.39. The van der Waals surface area contributed by atoms with Crippen molar-refractivity contribution in [2.24, 2.45) is 4.99 Å². The van der Waals surface area contributed by atoms with Crippen LogP contribution in [0, 0.1) is 5.82 Å². The maximum absolute atomic E-state index is 13.0. The molecular weight excluding hydrogens is 379 g/mol. The van der Waals surface area contributed by atoms with E-state index in [-0.39, 0.29) is 5.82 Å². The topological polar surface area (TPSA) is 67.1 Å². The fraction of sp³-hybridized carbons (Fsp3) is 0.250. The molecule has 2 N–H and O–H groups in total. The molecule has 0 bridgehead atoms. The molecule has 0 spiro atoms. The molecule has 2 aromatic heterocycles. The molecule has 0 saturated heterocycles. The Morgan fingerprint density at radius 2 is 1.82 bits per heavy atom. The Labute approximate surface area is 168 Å². The Balaban J connectivity index is 1.42. The van der Waals surface area contributed by atoms with Crippen LogP contribution in [0.4, 0.5) is 4.39 Å². The third-order valence-electron chi connectivity index (χ3n) is 4.13. The van der Waals surface area contributed by atoms with E-state index in [2.05, 4.69) is 25.7 Å². The number of benzene rings is 1. The van der Waals surface area contributed by atoms with Gasteiger partial charge in [-0.2, -0.15) is 5.10 Å². The Bertz CT molecular complexity index is 905. The molecule has 8 heteroatoms. The third-order valence-corrected chi connectivity index (χ3v) is 4.35. The minimum Gasteiger partial charge on any atom is -0.356 e. The Morgan fingerprint density at radius 3 is 2.50 bits per heavy atom. The molecule has 0 unspecified atom stereocenters. The van der Waals surface area contributed by atoms with Crippen molar-refractivity contribution in [1.29, 1.82) is 0 Å². The second-order valence-electron chi connectivity index (χ2n) is 6.14. The monoisotopic (exact) mass is 400 g/mol. The smallest absolute Gasteiger partial charge is 0.190 e. The quantitative estimate of drug-likeness (QED) is 0.363. The van der Waals surface area contributed by atoms with E-state index in [0.717, 1.165) is 42.3 Å². The van der Waals surface area contributed by atoms with Crippen LogP contribution in [0.5, 0.6) is 0 Å². The summed E-state index contributed by atoms with van der Waals surface area (Å²) in [5, 5.41) is 11.6. The molecule has 0 atom stereocenters. The van der Waals surface area contributed by atoms with Crippen molar-refractivity contribution in [2.75, 3.05) is 20.1 Å². The van der Waals surface area contributed by atoms with Crippen LogP contribution in [-0.4, -0.2) is 40.9 Å². The van der Waals surface area contributed by atoms with Crippen LogP contribution in [0.25, 0.3) is 5.69 Å². The van der Waals surface area contributed by atoms with E-state index in [4.69, 9.17) is 11.6 Å². The molecule has 28 heavy (non-hydrogen) atoms. The molecule has 6 nitrogen and oxygen atoms in total. The van der Waals surface area contributed by atoms with Gasteiger partial charge in [0.05, 0.1) is 11.4 Å². The number of nitrogens with zero attached hydrogens (tertiary/aromatic N) is 4. The molecule has 146 valence electrons. The van der Waals surface area contributed by atoms with Gasteiger partial charge in [-0.15, -0.1) is 0 Å². The molecule has 0 saturated carbocycles. The lowest BCUT2D eigenvalue weighted by Gasteiger charge is -2.11. The second-order valence-corrected chi connectivity index (χ2v) is 6.53. The van der Waals surface area contributed by atoms with E-state index in [1.54, 1.807) is 36.1 Å². The third kappa shape index (κ3) is 5.79. The van der Waals surface area contributed by atoms with Gasteiger partial charge in [0, 0.05) is 39.0 Å². The highest BCUT2D eigenvalue weighted by Gasteiger charge is 2.03. The van der Waals surface area contributed by atoms with Crippen molar-refractivity contribution in [1.82, 2.24) is 25.4 Å². The van der Waals surface area contributed by atoms with Crippen molar-refractivity contribution >= 4 is 17.6 Å². The molecule has 0 fully saturated rings. The zero-order chi connectivity index (χ0) is 19.8. The van der Waals surface area contributed by atoms with Crippen molar-refractivity contribution in [3.8, 4) is 5.69 Å². The lowest BCUT2D eigenvalue weighted by atomic mass is 10.2. The van der Waals surface area contributed by atoms with Gasteiger partial charge in [-0.25, -0.2) is 14.1 Å². The summed E-state index contributed by atoms with van der Waals surface area (Å²) < 4.78 is 14.8. The summed E-state index contributed by atoms with van der Waals surface area (Å²) >= 11 is 5.79. The number of aromatic nitrogens is 3. The van der Waals surface area contributed by atoms with Crippen LogP contribution >= 0.6 is 11.6 Å². The lowest BCUT2D eigenvalue weighted by molar-refractivity contribution is 0.627. The number of hydrogen-bond acceptors (Lipinski definition) is 3. The maximum Gasteiger partial charge on any atom is 0.190 e. The van der Waals surface area contributed by atoms with E-state index >= 15 is 0 Å². The van der Waals surface area contributed by atoms with Crippen molar-refractivity contribution in [3.05, 3.63) is 77.1 Å². The molecular formula is C20H22ClFN6. The van der Waals surface area contributed by atoms with Crippen molar-refractivity contribution in [2.45, 2.75) is 12.8 Å². The Kier molecular flexibility index (Phi) is 6.97. The summed E-state index contributed by atoms with van der Waals surface area (Å²) in [5.41, 5.74) is 2.88. The predicted molar refractivity (Wildman–Crippen MR) is 110 cm³/mol. The Morgan fingerprint density at radius 1 is 1.07 bits per heavy atom. The highest BCUT2D eigenvalue weighted by atomic mass is 35.5. The van der Waals surface area contributed by atoms with Crippen LogP contribution in [-0.2, 0) is 12.8 Å². The SMILES string of the molecule is CN=C(NCCc1ccc(Cl)nc1)NCCc1ccn(-c2ccc(F)cc2)n1. The van der Waals surface area contributed by atoms with Crippen molar-refractivity contribution in [3.63, 3.8) is 0 Å². The van der Waals surface area contributed by atoms with E-state index in [1.165, 1.54) is 12.1 Å². The standard InChI is InChI=1S/C20H22ClFN6/c1-23-20(24-11-8-15-2-7-19(21)26-14-15)25-12-9-17-10-13-28(27-17)18-5-3-16(22)4-6-18/h2-7,10,13-14H,8-9,11-12H2,1H3,(H2,23,24,25). The number of halogens is 2. The fourth-order valence-corrected chi connectivity index (χ4v) is 2.75. The van der Waals surface area contributed by atoms with E-state index in [9.17, 15) is 4.39 Å². The minimum absolute atomic E-state index is 0.258. The number of pyridine rings is 1. The number of nitrogens with one attached hydrogen (secondary N) is 2. The Hall–Kier alpha value is -2.93. The highest BCUT2D eigenvalue weighted by molar-refractivity contribution is 6.29. The molecule has 3 aromatic rings. The highest BCUT2D eigenvalue weighted by Crippen LogP contribution is 2.09. The summed E-state index contributed by atoms with van der Waals surface area (Å²) in [5.74, 6) is 0.478. The van der Waals surface area contributed by atoms with Crippen LogP contribution in [0.3, 0.4) is 0 Å². The van der Waals surface area contributed by atoms with Crippen molar-refractivity contribution < 1.29 is 4.39 Å². The van der Waals surface area contributed by atoms with Crippen LogP contribution in [0.15, 0.2) is 59.9 Å². The molecule has 0 aliphatic rings.